The molecule has 76 valence electrons. The summed E-state index contributed by atoms with van der Waals surface area (Å²) >= 11 is 0. The molecule has 0 bridgehead atoms. The minimum Gasteiger partial charge on any atom is -0.494 e. The molecule has 1 aromatic rings. The molecule has 0 saturated carbocycles. The molecule has 0 aromatic heterocycles. The van der Waals surface area contributed by atoms with Crippen LogP contribution in [0.3, 0.4) is 0 Å². The normalized spacial score (nSPS) is 8.67. The molecule has 5 heteroatoms. The zero-order chi connectivity index (χ0) is 11.3. The summed E-state index contributed by atoms with van der Waals surface area (Å²) in [5, 5.41) is 0. The molecule has 1 rings (SSSR count). The maximum Gasteiger partial charge on any atom is 0.240 e. The standard InChI is InChI=1S/C10H8N2O3/c1-7-3-9(12-6-14)10(15-2)4-8(7)11-5-13/h3-4H,1-2H3. The van der Waals surface area contributed by atoms with Crippen LogP contribution in [0.4, 0.5) is 11.4 Å². The molecule has 0 amide bonds. The van der Waals surface area contributed by atoms with Gasteiger partial charge in [-0.15, -0.1) is 0 Å². The van der Waals surface area contributed by atoms with Crippen LogP contribution in [0.15, 0.2) is 22.1 Å². The molecule has 0 heterocycles. The highest BCUT2D eigenvalue weighted by atomic mass is 16.5. The van der Waals surface area contributed by atoms with Crippen LogP contribution >= 0.6 is 0 Å². The summed E-state index contributed by atoms with van der Waals surface area (Å²) in [5.41, 5.74) is 1.50. The average Bonchev–Trinajstić information content (AvgIpc) is 2.22. The van der Waals surface area contributed by atoms with Gasteiger partial charge in [-0.1, -0.05) is 0 Å². The molecule has 0 unspecified atom stereocenters. The largest absolute Gasteiger partial charge is 0.494 e. The van der Waals surface area contributed by atoms with Crippen molar-refractivity contribution in [1.29, 1.82) is 0 Å². The molecule has 0 aliphatic carbocycles. The summed E-state index contributed by atoms with van der Waals surface area (Å²) in [5.74, 6) is 0.359. The Balaban J connectivity index is 3.40. The summed E-state index contributed by atoms with van der Waals surface area (Å²) in [6, 6.07) is 3.09. The van der Waals surface area contributed by atoms with Crippen molar-refractivity contribution in [3.63, 3.8) is 0 Å². The minimum atomic E-state index is 0.356. The lowest BCUT2D eigenvalue weighted by molar-refractivity contribution is 0.416. The smallest absolute Gasteiger partial charge is 0.240 e. The van der Waals surface area contributed by atoms with Gasteiger partial charge >= 0.3 is 0 Å². The van der Waals surface area contributed by atoms with Gasteiger partial charge in [-0.05, 0) is 18.6 Å². The van der Waals surface area contributed by atoms with E-state index in [0.29, 0.717) is 22.7 Å². The second kappa shape index (κ2) is 4.86. The summed E-state index contributed by atoms with van der Waals surface area (Å²) in [6.07, 6.45) is 2.86. The van der Waals surface area contributed by atoms with Gasteiger partial charge in [-0.3, -0.25) is 0 Å². The third-order valence-corrected chi connectivity index (χ3v) is 1.83. The van der Waals surface area contributed by atoms with Crippen molar-refractivity contribution in [2.24, 2.45) is 9.98 Å². The van der Waals surface area contributed by atoms with Crippen molar-refractivity contribution >= 4 is 23.5 Å². The van der Waals surface area contributed by atoms with Crippen LogP contribution in [0.25, 0.3) is 0 Å². The second-order valence-corrected chi connectivity index (χ2v) is 2.72. The fourth-order valence-corrected chi connectivity index (χ4v) is 1.13. The number of isocyanates is 2. The molecule has 0 atom stereocenters. The van der Waals surface area contributed by atoms with Crippen LogP contribution in [-0.4, -0.2) is 19.3 Å². The Morgan fingerprint density at radius 2 is 1.73 bits per heavy atom. The van der Waals surface area contributed by atoms with Crippen LogP contribution in [0.1, 0.15) is 5.56 Å². The fraction of sp³-hybridized carbons (Fsp3) is 0.200. The van der Waals surface area contributed by atoms with Crippen molar-refractivity contribution in [3.05, 3.63) is 17.7 Å². The molecular weight excluding hydrogens is 196 g/mol. The molecule has 15 heavy (non-hydrogen) atoms. The first-order valence-electron chi connectivity index (χ1n) is 4.07. The van der Waals surface area contributed by atoms with Gasteiger partial charge in [0.05, 0.1) is 12.8 Å². The number of hydrogen-bond acceptors (Lipinski definition) is 5. The van der Waals surface area contributed by atoms with E-state index in [4.69, 9.17) is 4.74 Å². The average molecular weight is 204 g/mol. The molecule has 0 saturated heterocycles. The molecule has 0 N–H and O–H groups in total. The Hall–Kier alpha value is -2.22. The number of hydrogen-bond donors (Lipinski definition) is 0. The SMILES string of the molecule is COc1cc(N=C=O)c(C)cc1N=C=O. The summed E-state index contributed by atoms with van der Waals surface area (Å²) < 4.78 is 4.98. The quantitative estimate of drug-likeness (QED) is 0.558. The predicted octanol–water partition coefficient (Wildman–Crippen LogP) is 1.94. The number of ether oxygens (including phenoxy) is 1. The Labute approximate surface area is 86.1 Å². The lowest BCUT2D eigenvalue weighted by Gasteiger charge is -2.05. The highest BCUT2D eigenvalue weighted by Gasteiger charge is 2.06. The first-order chi connectivity index (χ1) is 7.22. The molecular formula is C10H8N2O3. The number of methoxy groups -OCH3 is 1. The van der Waals surface area contributed by atoms with E-state index in [1.165, 1.54) is 25.3 Å². The number of carbonyl (C=O) groups excluding carboxylic acids is 2. The van der Waals surface area contributed by atoms with E-state index in [1.807, 2.05) is 0 Å². The van der Waals surface area contributed by atoms with E-state index >= 15 is 0 Å². The number of aryl methyl sites for hydroxylation is 1. The van der Waals surface area contributed by atoms with Gasteiger partial charge in [0.2, 0.25) is 12.2 Å². The van der Waals surface area contributed by atoms with Crippen molar-refractivity contribution in [3.8, 4) is 5.75 Å². The lowest BCUT2D eigenvalue weighted by Crippen LogP contribution is -1.85. The number of aliphatic imine (C=N–C) groups is 2. The van der Waals surface area contributed by atoms with Crippen LogP contribution < -0.4 is 4.74 Å². The van der Waals surface area contributed by atoms with Crippen molar-refractivity contribution in [1.82, 2.24) is 0 Å². The van der Waals surface area contributed by atoms with Crippen LogP contribution in [-0.2, 0) is 9.59 Å². The number of benzene rings is 1. The van der Waals surface area contributed by atoms with Crippen LogP contribution in [0, 0.1) is 6.92 Å². The molecule has 5 nitrogen and oxygen atoms in total. The van der Waals surface area contributed by atoms with E-state index in [-0.39, 0.29) is 0 Å². The zero-order valence-corrected chi connectivity index (χ0v) is 8.27. The van der Waals surface area contributed by atoms with Crippen molar-refractivity contribution in [2.75, 3.05) is 7.11 Å². The van der Waals surface area contributed by atoms with E-state index in [1.54, 1.807) is 13.0 Å². The highest BCUT2D eigenvalue weighted by molar-refractivity contribution is 5.67. The van der Waals surface area contributed by atoms with Gasteiger partial charge in [0.15, 0.2) is 0 Å². The third kappa shape index (κ3) is 2.38. The molecule has 1 aromatic carbocycles. The van der Waals surface area contributed by atoms with E-state index in [2.05, 4.69) is 9.98 Å². The Morgan fingerprint density at radius 1 is 1.13 bits per heavy atom. The molecule has 0 aliphatic heterocycles. The molecule has 0 spiro atoms. The maximum atomic E-state index is 10.1. The Kier molecular flexibility index (Phi) is 3.52. The van der Waals surface area contributed by atoms with E-state index < -0.39 is 0 Å². The molecule has 0 radical (unpaired) electrons. The van der Waals surface area contributed by atoms with Gasteiger partial charge in [-0.25, -0.2) is 9.59 Å². The minimum absolute atomic E-state index is 0.356. The second-order valence-electron chi connectivity index (χ2n) is 2.72. The van der Waals surface area contributed by atoms with E-state index in [0.717, 1.165) is 0 Å². The van der Waals surface area contributed by atoms with Crippen LogP contribution in [0.2, 0.25) is 0 Å². The van der Waals surface area contributed by atoms with Crippen molar-refractivity contribution < 1.29 is 14.3 Å². The third-order valence-electron chi connectivity index (χ3n) is 1.83. The Bertz CT molecular complexity index is 470. The monoisotopic (exact) mass is 204 g/mol. The maximum absolute atomic E-state index is 10.1. The fourth-order valence-electron chi connectivity index (χ4n) is 1.13. The summed E-state index contributed by atoms with van der Waals surface area (Å²) in [4.78, 5) is 27.2. The van der Waals surface area contributed by atoms with Gasteiger partial charge in [0.1, 0.15) is 11.4 Å². The van der Waals surface area contributed by atoms with Gasteiger partial charge < -0.3 is 4.74 Å². The summed E-state index contributed by atoms with van der Waals surface area (Å²) in [7, 11) is 1.43. The number of nitrogens with zero attached hydrogens (tertiary/aromatic N) is 2. The summed E-state index contributed by atoms with van der Waals surface area (Å²) in [6.45, 7) is 1.74. The first kappa shape index (κ1) is 10.9. The first-order valence-corrected chi connectivity index (χ1v) is 4.07. The zero-order valence-electron chi connectivity index (χ0n) is 8.27. The van der Waals surface area contributed by atoms with Crippen LogP contribution in [0.5, 0.6) is 5.75 Å². The lowest BCUT2D eigenvalue weighted by atomic mass is 10.1. The van der Waals surface area contributed by atoms with Crippen molar-refractivity contribution in [2.45, 2.75) is 6.92 Å². The molecule has 0 fully saturated rings. The highest BCUT2D eigenvalue weighted by Crippen LogP contribution is 2.34. The molecule has 0 aliphatic rings. The van der Waals surface area contributed by atoms with Gasteiger partial charge in [0.25, 0.3) is 0 Å². The number of rotatable bonds is 3. The topological polar surface area (TPSA) is 68.1 Å². The van der Waals surface area contributed by atoms with Gasteiger partial charge in [0, 0.05) is 6.07 Å². The Morgan fingerprint density at radius 3 is 2.27 bits per heavy atom. The predicted molar refractivity (Wildman–Crippen MR) is 53.3 cm³/mol. The van der Waals surface area contributed by atoms with Gasteiger partial charge in [-0.2, -0.15) is 9.98 Å². The van der Waals surface area contributed by atoms with E-state index in [9.17, 15) is 9.59 Å².